The van der Waals surface area contributed by atoms with Crippen molar-refractivity contribution in [2.24, 2.45) is 0 Å². The SMILES string of the molecule is Cc1cc(-c2cc(C(=O)Nc3ccccc3-n3ncc4c(=O)[nH]cnc43)c3c(C)noc3n2)c(C)o1. The Morgan fingerprint density at radius 3 is 2.78 bits per heavy atom. The van der Waals surface area contributed by atoms with Gasteiger partial charge in [-0.25, -0.2) is 14.6 Å². The van der Waals surface area contributed by atoms with E-state index in [0.29, 0.717) is 50.5 Å². The molecule has 11 heteroatoms. The van der Waals surface area contributed by atoms with Crippen LogP contribution in [0.2, 0.25) is 0 Å². The summed E-state index contributed by atoms with van der Waals surface area (Å²) < 4.78 is 12.6. The summed E-state index contributed by atoms with van der Waals surface area (Å²) in [4.78, 5) is 37.1. The Balaban J connectivity index is 1.46. The monoisotopic (exact) mass is 481 g/mol. The van der Waals surface area contributed by atoms with Crippen molar-refractivity contribution in [3.63, 3.8) is 0 Å². The van der Waals surface area contributed by atoms with Crippen LogP contribution < -0.4 is 10.9 Å². The third kappa shape index (κ3) is 3.36. The summed E-state index contributed by atoms with van der Waals surface area (Å²) in [6.45, 7) is 5.44. The van der Waals surface area contributed by atoms with E-state index in [9.17, 15) is 9.59 Å². The average Bonchev–Trinajstić information content (AvgIpc) is 3.56. The van der Waals surface area contributed by atoms with Crippen LogP contribution in [0, 0.1) is 20.8 Å². The first-order valence-electron chi connectivity index (χ1n) is 11.1. The highest BCUT2D eigenvalue weighted by Gasteiger charge is 2.22. The highest BCUT2D eigenvalue weighted by molar-refractivity contribution is 6.13. The van der Waals surface area contributed by atoms with Gasteiger partial charge in [0.1, 0.15) is 16.9 Å². The second kappa shape index (κ2) is 8.01. The minimum Gasteiger partial charge on any atom is -0.466 e. The molecule has 0 unspecified atom stereocenters. The van der Waals surface area contributed by atoms with E-state index in [-0.39, 0.29) is 17.2 Å². The van der Waals surface area contributed by atoms with Gasteiger partial charge in [0.15, 0.2) is 5.65 Å². The van der Waals surface area contributed by atoms with Crippen LogP contribution in [-0.4, -0.2) is 35.8 Å². The summed E-state index contributed by atoms with van der Waals surface area (Å²) in [5.74, 6) is 1.03. The van der Waals surface area contributed by atoms with Gasteiger partial charge in [-0.15, -0.1) is 0 Å². The second-order valence-corrected chi connectivity index (χ2v) is 8.33. The molecule has 5 aromatic heterocycles. The van der Waals surface area contributed by atoms with Crippen molar-refractivity contribution in [2.45, 2.75) is 20.8 Å². The largest absolute Gasteiger partial charge is 0.466 e. The first kappa shape index (κ1) is 21.5. The molecule has 1 amide bonds. The molecular formula is C25H19N7O4. The fourth-order valence-corrected chi connectivity index (χ4v) is 4.28. The van der Waals surface area contributed by atoms with E-state index in [1.165, 1.54) is 17.2 Å². The second-order valence-electron chi connectivity index (χ2n) is 8.33. The van der Waals surface area contributed by atoms with E-state index in [2.05, 4.69) is 30.5 Å². The number of hydrogen-bond acceptors (Lipinski definition) is 8. The summed E-state index contributed by atoms with van der Waals surface area (Å²) in [5, 5.41) is 12.2. The number of carbonyl (C=O) groups is 1. The Labute approximate surface area is 202 Å². The van der Waals surface area contributed by atoms with Crippen LogP contribution in [0.3, 0.4) is 0 Å². The third-order valence-electron chi connectivity index (χ3n) is 5.93. The van der Waals surface area contributed by atoms with Crippen LogP contribution in [0.4, 0.5) is 5.69 Å². The summed E-state index contributed by atoms with van der Waals surface area (Å²) in [5.41, 5.74) is 3.54. The van der Waals surface area contributed by atoms with E-state index in [4.69, 9.17) is 8.94 Å². The lowest BCUT2D eigenvalue weighted by atomic mass is 10.1. The first-order valence-corrected chi connectivity index (χ1v) is 11.1. The van der Waals surface area contributed by atoms with Gasteiger partial charge in [-0.05, 0) is 45.0 Å². The number of pyridine rings is 1. The smallest absolute Gasteiger partial charge is 0.261 e. The van der Waals surface area contributed by atoms with E-state index in [0.717, 1.165) is 11.3 Å². The van der Waals surface area contributed by atoms with Crippen molar-refractivity contribution < 1.29 is 13.7 Å². The van der Waals surface area contributed by atoms with Crippen molar-refractivity contribution in [3.8, 4) is 16.9 Å². The van der Waals surface area contributed by atoms with Crippen LogP contribution in [0.5, 0.6) is 0 Å². The van der Waals surface area contributed by atoms with Crippen LogP contribution in [0.1, 0.15) is 27.6 Å². The number of amides is 1. The van der Waals surface area contributed by atoms with Crippen LogP contribution >= 0.6 is 0 Å². The molecule has 6 aromatic rings. The standard InChI is InChI=1S/C25H19N7O4/c1-12-8-15(14(3)35-12)19-9-16(21-13(2)31-36-25(21)30-19)24(34)29-18-6-4-5-7-20(18)32-22-17(10-28-32)23(33)27-11-26-22/h4-11H,1-3H3,(H,29,34)(H,26,27,33). The van der Waals surface area contributed by atoms with Crippen molar-refractivity contribution in [1.82, 2.24) is 29.9 Å². The van der Waals surface area contributed by atoms with Gasteiger partial charge in [0.2, 0.25) is 0 Å². The number of anilines is 1. The Bertz CT molecular complexity index is 1860. The highest BCUT2D eigenvalue weighted by Crippen LogP contribution is 2.31. The molecule has 0 fully saturated rings. The number of para-hydroxylation sites is 2. The van der Waals surface area contributed by atoms with Gasteiger partial charge in [0.05, 0.1) is 46.2 Å². The number of nitrogens with zero attached hydrogens (tertiary/aromatic N) is 5. The maximum Gasteiger partial charge on any atom is 0.261 e. The van der Waals surface area contributed by atoms with Gasteiger partial charge in [0, 0.05) is 5.56 Å². The summed E-state index contributed by atoms with van der Waals surface area (Å²) >= 11 is 0. The molecule has 36 heavy (non-hydrogen) atoms. The summed E-state index contributed by atoms with van der Waals surface area (Å²) in [6, 6.07) is 10.7. The lowest BCUT2D eigenvalue weighted by Crippen LogP contribution is -2.15. The molecule has 5 heterocycles. The van der Waals surface area contributed by atoms with Gasteiger partial charge >= 0.3 is 0 Å². The zero-order valence-electron chi connectivity index (χ0n) is 19.5. The fraction of sp³-hybridized carbons (Fsp3) is 0.120. The maximum absolute atomic E-state index is 13.7. The van der Waals surface area contributed by atoms with Crippen LogP contribution in [0.25, 0.3) is 39.1 Å². The number of rotatable bonds is 4. The summed E-state index contributed by atoms with van der Waals surface area (Å²) in [6.07, 6.45) is 2.75. The van der Waals surface area contributed by atoms with Crippen molar-refractivity contribution in [3.05, 3.63) is 82.1 Å². The highest BCUT2D eigenvalue weighted by atomic mass is 16.5. The Hall–Kier alpha value is -5.06. The Kier molecular flexibility index (Phi) is 4.78. The van der Waals surface area contributed by atoms with Gasteiger partial charge < -0.3 is 19.2 Å². The number of hydrogen-bond donors (Lipinski definition) is 2. The van der Waals surface area contributed by atoms with E-state index < -0.39 is 0 Å². The van der Waals surface area contributed by atoms with Gasteiger partial charge in [0.25, 0.3) is 17.2 Å². The molecule has 0 saturated heterocycles. The molecule has 0 radical (unpaired) electrons. The number of H-pyrrole nitrogens is 1. The lowest BCUT2D eigenvalue weighted by Gasteiger charge is -2.12. The van der Waals surface area contributed by atoms with E-state index in [1.54, 1.807) is 31.2 Å². The Morgan fingerprint density at radius 1 is 1.14 bits per heavy atom. The molecule has 178 valence electrons. The number of carbonyl (C=O) groups excluding carboxylic acids is 1. The number of fused-ring (bicyclic) bond motifs is 2. The minimum atomic E-state index is -0.387. The van der Waals surface area contributed by atoms with Gasteiger partial charge in [-0.3, -0.25) is 9.59 Å². The zero-order chi connectivity index (χ0) is 25.0. The summed E-state index contributed by atoms with van der Waals surface area (Å²) in [7, 11) is 0. The molecule has 0 spiro atoms. The predicted octanol–water partition coefficient (Wildman–Crippen LogP) is 4.08. The number of aryl methyl sites for hydroxylation is 3. The first-order chi connectivity index (χ1) is 17.4. The molecule has 0 aliphatic carbocycles. The van der Waals surface area contributed by atoms with Gasteiger partial charge in [-0.2, -0.15) is 5.10 Å². The fourth-order valence-electron chi connectivity index (χ4n) is 4.28. The molecule has 2 N–H and O–H groups in total. The predicted molar refractivity (Wildman–Crippen MR) is 131 cm³/mol. The lowest BCUT2D eigenvalue weighted by molar-refractivity contribution is 0.102. The van der Waals surface area contributed by atoms with Crippen molar-refractivity contribution >= 4 is 33.7 Å². The van der Waals surface area contributed by atoms with Crippen molar-refractivity contribution in [1.29, 1.82) is 0 Å². The molecule has 0 aliphatic heterocycles. The van der Waals surface area contributed by atoms with E-state index >= 15 is 0 Å². The number of aromatic nitrogens is 6. The van der Waals surface area contributed by atoms with Gasteiger partial charge in [-0.1, -0.05) is 17.3 Å². The number of benzene rings is 1. The molecule has 1 aromatic carbocycles. The molecule has 0 atom stereocenters. The minimum absolute atomic E-state index is 0.253. The Morgan fingerprint density at radius 2 is 1.97 bits per heavy atom. The normalized spacial score (nSPS) is 11.4. The number of aromatic amines is 1. The van der Waals surface area contributed by atoms with Crippen molar-refractivity contribution in [2.75, 3.05) is 5.32 Å². The molecule has 0 saturated carbocycles. The maximum atomic E-state index is 13.7. The average molecular weight is 481 g/mol. The van der Waals surface area contributed by atoms with E-state index in [1.807, 2.05) is 26.0 Å². The van der Waals surface area contributed by atoms with Crippen LogP contribution in [0.15, 0.2) is 62.7 Å². The topological polar surface area (TPSA) is 145 Å². The number of furan rings is 1. The quantitative estimate of drug-likeness (QED) is 0.383. The number of nitrogens with one attached hydrogen (secondary N) is 2. The molecule has 0 aliphatic rings. The molecule has 0 bridgehead atoms. The third-order valence-corrected chi connectivity index (χ3v) is 5.93. The zero-order valence-corrected chi connectivity index (χ0v) is 19.5. The molecule has 11 nitrogen and oxygen atoms in total. The molecular weight excluding hydrogens is 462 g/mol. The van der Waals surface area contributed by atoms with Crippen LogP contribution in [-0.2, 0) is 0 Å². The molecule has 6 rings (SSSR count).